The summed E-state index contributed by atoms with van der Waals surface area (Å²) in [6.07, 6.45) is 8.72. The third kappa shape index (κ3) is 5.25. The first-order chi connectivity index (χ1) is 18.0. The number of nitrogens with zero attached hydrogens (tertiary/aromatic N) is 3. The molecule has 1 aliphatic carbocycles. The Labute approximate surface area is 219 Å². The van der Waals surface area contributed by atoms with Gasteiger partial charge >= 0.3 is 5.97 Å². The fourth-order valence-corrected chi connectivity index (χ4v) is 6.63. The highest BCUT2D eigenvalue weighted by molar-refractivity contribution is 6.23. The lowest BCUT2D eigenvalue weighted by atomic mass is 9.89. The summed E-state index contributed by atoms with van der Waals surface area (Å²) in [5.41, 5.74) is 1.85. The van der Waals surface area contributed by atoms with Crippen LogP contribution in [0.1, 0.15) is 85.4 Å². The van der Waals surface area contributed by atoms with Crippen LogP contribution in [0.15, 0.2) is 18.2 Å². The van der Waals surface area contributed by atoms with Crippen molar-refractivity contribution in [1.29, 1.82) is 0 Å². The minimum Gasteiger partial charge on any atom is -0.466 e. The molecule has 5 rings (SSSR count). The standard InChI is InChI=1S/C29H39N3O5/c1-2-37-29(36)22-10-7-15-31(19-22)26(33)21-13-16-30(17-14-21)24-12-6-11-23-25(24)28(35)32(27(23)34)18-20-8-4-3-5-9-20/h6,11-12,20-22H,2-5,7-10,13-19H2,1H3/t22-/m1/s1. The van der Waals surface area contributed by atoms with Gasteiger partial charge in [-0.15, -0.1) is 0 Å². The number of benzene rings is 1. The summed E-state index contributed by atoms with van der Waals surface area (Å²) in [6, 6.07) is 5.57. The van der Waals surface area contributed by atoms with E-state index in [1.165, 1.54) is 24.2 Å². The lowest BCUT2D eigenvalue weighted by molar-refractivity contribution is -0.152. The molecule has 8 nitrogen and oxygen atoms in total. The molecule has 1 aromatic carbocycles. The summed E-state index contributed by atoms with van der Waals surface area (Å²) in [6.45, 7) is 5.13. The number of esters is 1. The molecule has 8 heteroatoms. The predicted molar refractivity (Wildman–Crippen MR) is 139 cm³/mol. The van der Waals surface area contributed by atoms with Crippen molar-refractivity contribution < 1.29 is 23.9 Å². The molecule has 0 bridgehead atoms. The van der Waals surface area contributed by atoms with Crippen LogP contribution in [0.3, 0.4) is 0 Å². The fraction of sp³-hybridized carbons (Fsp3) is 0.655. The van der Waals surface area contributed by atoms with Crippen molar-refractivity contribution in [3.8, 4) is 0 Å². The minimum absolute atomic E-state index is 0.0888. The number of carbonyl (C=O) groups is 4. The van der Waals surface area contributed by atoms with E-state index in [1.807, 2.05) is 17.0 Å². The quantitative estimate of drug-likeness (QED) is 0.427. The van der Waals surface area contributed by atoms with Crippen LogP contribution in [0.5, 0.6) is 0 Å². The van der Waals surface area contributed by atoms with E-state index in [0.29, 0.717) is 69.2 Å². The second-order valence-corrected chi connectivity index (χ2v) is 11.1. The van der Waals surface area contributed by atoms with Crippen LogP contribution >= 0.6 is 0 Å². The van der Waals surface area contributed by atoms with Gasteiger partial charge in [-0.05, 0) is 63.5 Å². The summed E-state index contributed by atoms with van der Waals surface area (Å²) < 4.78 is 5.18. The van der Waals surface area contributed by atoms with Gasteiger partial charge in [0, 0.05) is 38.6 Å². The Morgan fingerprint density at radius 3 is 2.38 bits per heavy atom. The number of imide groups is 1. The monoisotopic (exact) mass is 509 g/mol. The lowest BCUT2D eigenvalue weighted by Crippen LogP contribution is -2.47. The Morgan fingerprint density at radius 2 is 1.65 bits per heavy atom. The topological polar surface area (TPSA) is 87.2 Å². The average Bonchev–Trinajstić information content (AvgIpc) is 3.18. The lowest BCUT2D eigenvalue weighted by Gasteiger charge is -2.38. The van der Waals surface area contributed by atoms with Crippen molar-refractivity contribution in [2.75, 3.05) is 44.2 Å². The number of hydrogen-bond donors (Lipinski definition) is 0. The Hall–Kier alpha value is -2.90. The molecular weight excluding hydrogens is 470 g/mol. The van der Waals surface area contributed by atoms with E-state index in [1.54, 1.807) is 13.0 Å². The van der Waals surface area contributed by atoms with Crippen LogP contribution in [0.4, 0.5) is 5.69 Å². The maximum absolute atomic E-state index is 13.4. The van der Waals surface area contributed by atoms with E-state index in [2.05, 4.69) is 4.90 Å². The zero-order chi connectivity index (χ0) is 25.9. The van der Waals surface area contributed by atoms with E-state index in [9.17, 15) is 19.2 Å². The van der Waals surface area contributed by atoms with Crippen molar-refractivity contribution in [1.82, 2.24) is 9.80 Å². The van der Waals surface area contributed by atoms with Gasteiger partial charge in [-0.2, -0.15) is 0 Å². The minimum atomic E-state index is -0.232. The van der Waals surface area contributed by atoms with Crippen LogP contribution < -0.4 is 4.90 Å². The summed E-state index contributed by atoms with van der Waals surface area (Å²) in [4.78, 5) is 57.5. The second-order valence-electron chi connectivity index (χ2n) is 11.1. The Morgan fingerprint density at radius 1 is 0.892 bits per heavy atom. The molecule has 0 spiro atoms. The van der Waals surface area contributed by atoms with E-state index >= 15 is 0 Å². The van der Waals surface area contributed by atoms with Crippen molar-refractivity contribution in [2.24, 2.45) is 17.8 Å². The van der Waals surface area contributed by atoms with Crippen molar-refractivity contribution in [3.05, 3.63) is 29.3 Å². The molecule has 0 aromatic heterocycles. The SMILES string of the molecule is CCOC(=O)[C@@H]1CCCN(C(=O)C2CCN(c3cccc4c3C(=O)N(CC3CCCCC3)C4=O)CC2)C1. The van der Waals surface area contributed by atoms with Crippen LogP contribution in [-0.4, -0.2) is 72.8 Å². The molecule has 0 radical (unpaired) electrons. The van der Waals surface area contributed by atoms with Gasteiger partial charge in [0.15, 0.2) is 0 Å². The molecule has 1 atom stereocenters. The molecule has 3 fully saturated rings. The molecule has 2 saturated heterocycles. The first-order valence-corrected chi connectivity index (χ1v) is 14.2. The summed E-state index contributed by atoms with van der Waals surface area (Å²) in [5, 5.41) is 0. The number of amides is 3. The molecule has 37 heavy (non-hydrogen) atoms. The number of ether oxygens (including phenoxy) is 1. The summed E-state index contributed by atoms with van der Waals surface area (Å²) >= 11 is 0. The number of rotatable bonds is 6. The highest BCUT2D eigenvalue weighted by Crippen LogP contribution is 2.36. The zero-order valence-electron chi connectivity index (χ0n) is 22.0. The first kappa shape index (κ1) is 25.7. The third-order valence-electron chi connectivity index (χ3n) is 8.68. The van der Waals surface area contributed by atoms with Gasteiger partial charge in [0.1, 0.15) is 0 Å². The summed E-state index contributed by atoms with van der Waals surface area (Å²) in [5.74, 6) is -0.337. The maximum atomic E-state index is 13.4. The molecule has 4 aliphatic rings. The molecule has 3 heterocycles. The number of likely N-dealkylation sites (tertiary alicyclic amines) is 1. The highest BCUT2D eigenvalue weighted by Gasteiger charge is 2.40. The van der Waals surface area contributed by atoms with Crippen LogP contribution in [0, 0.1) is 17.8 Å². The van der Waals surface area contributed by atoms with Crippen molar-refractivity contribution >= 4 is 29.4 Å². The van der Waals surface area contributed by atoms with E-state index < -0.39 is 0 Å². The van der Waals surface area contributed by atoms with Gasteiger partial charge in [-0.25, -0.2) is 0 Å². The van der Waals surface area contributed by atoms with E-state index in [4.69, 9.17) is 4.74 Å². The third-order valence-corrected chi connectivity index (χ3v) is 8.68. The molecule has 1 aromatic rings. The van der Waals surface area contributed by atoms with Crippen LogP contribution in [0.2, 0.25) is 0 Å². The normalized spacial score (nSPS) is 23.4. The van der Waals surface area contributed by atoms with Gasteiger partial charge in [0.25, 0.3) is 11.8 Å². The van der Waals surface area contributed by atoms with Gasteiger partial charge in [0.2, 0.25) is 5.91 Å². The number of piperidine rings is 2. The Bertz CT molecular complexity index is 1040. The van der Waals surface area contributed by atoms with Gasteiger partial charge in [0.05, 0.1) is 29.3 Å². The number of hydrogen-bond acceptors (Lipinski definition) is 6. The molecule has 3 aliphatic heterocycles. The highest BCUT2D eigenvalue weighted by atomic mass is 16.5. The Balaban J connectivity index is 1.22. The van der Waals surface area contributed by atoms with Crippen molar-refractivity contribution in [3.63, 3.8) is 0 Å². The summed E-state index contributed by atoms with van der Waals surface area (Å²) in [7, 11) is 0. The smallest absolute Gasteiger partial charge is 0.310 e. The number of carbonyl (C=O) groups excluding carboxylic acids is 4. The number of anilines is 1. The average molecular weight is 510 g/mol. The predicted octanol–water partition coefficient (Wildman–Crippen LogP) is 3.88. The molecule has 0 N–H and O–H groups in total. The Kier molecular flexibility index (Phi) is 7.81. The first-order valence-electron chi connectivity index (χ1n) is 14.2. The molecule has 0 unspecified atom stereocenters. The van der Waals surface area contributed by atoms with Gasteiger partial charge in [-0.1, -0.05) is 25.3 Å². The van der Waals surface area contributed by atoms with Crippen LogP contribution in [0.25, 0.3) is 0 Å². The molecular formula is C29H39N3O5. The molecule has 1 saturated carbocycles. The zero-order valence-corrected chi connectivity index (χ0v) is 22.0. The maximum Gasteiger partial charge on any atom is 0.310 e. The van der Waals surface area contributed by atoms with Crippen LogP contribution in [-0.2, 0) is 14.3 Å². The molecule has 3 amide bonds. The number of fused-ring (bicyclic) bond motifs is 1. The molecule has 200 valence electrons. The van der Waals surface area contributed by atoms with Gasteiger partial charge in [-0.3, -0.25) is 24.1 Å². The van der Waals surface area contributed by atoms with Gasteiger partial charge < -0.3 is 14.5 Å². The largest absolute Gasteiger partial charge is 0.466 e. The second kappa shape index (κ2) is 11.2. The van der Waals surface area contributed by atoms with E-state index in [-0.39, 0.29) is 35.5 Å². The van der Waals surface area contributed by atoms with E-state index in [0.717, 1.165) is 31.4 Å². The fourth-order valence-electron chi connectivity index (χ4n) is 6.63. The van der Waals surface area contributed by atoms with Crippen molar-refractivity contribution in [2.45, 2.75) is 64.7 Å².